The van der Waals surface area contributed by atoms with Gasteiger partial charge >= 0.3 is 5.97 Å². The lowest BCUT2D eigenvalue weighted by Gasteiger charge is -2.41. The molecule has 4 rings (SSSR count). The Morgan fingerprint density at radius 3 is 2.73 bits per heavy atom. The summed E-state index contributed by atoms with van der Waals surface area (Å²) in [5.41, 5.74) is 3.86. The average molecular weight is 428 g/mol. The largest absolute Gasteiger partial charge is 0.508 e. The SMILES string of the molecule is CCOC(=O)COc1ccc(SN2Cc3cc(O)ccc3C3(CCCC3)C2)cc1C. The van der Waals surface area contributed by atoms with Crippen molar-refractivity contribution in [2.75, 3.05) is 19.8 Å². The molecule has 0 atom stereocenters. The van der Waals surface area contributed by atoms with Crippen LogP contribution in [0.1, 0.15) is 49.3 Å². The number of carbonyl (C=O) groups excluding carboxylic acids is 1. The molecule has 160 valence electrons. The van der Waals surface area contributed by atoms with E-state index in [9.17, 15) is 9.90 Å². The first-order valence-corrected chi connectivity index (χ1v) is 11.4. The zero-order valence-corrected chi connectivity index (χ0v) is 18.5. The molecular weight excluding hydrogens is 398 g/mol. The molecule has 1 spiro atoms. The molecule has 0 saturated heterocycles. The number of ether oxygens (including phenoxy) is 2. The van der Waals surface area contributed by atoms with Crippen LogP contribution in [0.2, 0.25) is 0 Å². The number of nitrogens with zero attached hydrogens (tertiary/aromatic N) is 1. The molecule has 1 heterocycles. The van der Waals surface area contributed by atoms with E-state index >= 15 is 0 Å². The summed E-state index contributed by atoms with van der Waals surface area (Å²) in [5.74, 6) is 0.689. The van der Waals surface area contributed by atoms with Gasteiger partial charge in [-0.1, -0.05) is 18.9 Å². The summed E-state index contributed by atoms with van der Waals surface area (Å²) in [6.45, 7) is 5.90. The summed E-state index contributed by atoms with van der Waals surface area (Å²) in [7, 11) is 0. The molecule has 1 aliphatic heterocycles. The van der Waals surface area contributed by atoms with Crippen molar-refractivity contribution >= 4 is 17.9 Å². The minimum Gasteiger partial charge on any atom is -0.508 e. The molecule has 5 nitrogen and oxygen atoms in total. The predicted molar refractivity (Wildman–Crippen MR) is 118 cm³/mol. The first kappa shape index (κ1) is 21.1. The first-order valence-electron chi connectivity index (χ1n) is 10.6. The normalized spacial score (nSPS) is 17.7. The van der Waals surface area contributed by atoms with E-state index < -0.39 is 0 Å². The molecule has 0 aromatic heterocycles. The van der Waals surface area contributed by atoms with Crippen LogP contribution in [0.4, 0.5) is 0 Å². The molecule has 1 saturated carbocycles. The first-order chi connectivity index (χ1) is 14.5. The summed E-state index contributed by atoms with van der Waals surface area (Å²) >= 11 is 1.75. The predicted octanol–water partition coefficient (Wildman–Crippen LogP) is 4.98. The molecule has 30 heavy (non-hydrogen) atoms. The molecule has 0 unspecified atom stereocenters. The molecule has 1 N–H and O–H groups in total. The van der Waals surface area contributed by atoms with Crippen molar-refractivity contribution in [1.82, 2.24) is 4.31 Å². The molecule has 2 aromatic carbocycles. The van der Waals surface area contributed by atoms with Crippen LogP contribution >= 0.6 is 11.9 Å². The molecule has 2 aliphatic rings. The second kappa shape index (κ2) is 8.90. The zero-order chi connectivity index (χ0) is 21.1. The van der Waals surface area contributed by atoms with Crippen LogP contribution in [0.5, 0.6) is 11.5 Å². The van der Waals surface area contributed by atoms with Gasteiger partial charge in [-0.05, 0) is 85.7 Å². The smallest absolute Gasteiger partial charge is 0.344 e. The fourth-order valence-corrected chi connectivity index (χ4v) is 5.94. The number of aromatic hydroxyl groups is 1. The van der Waals surface area contributed by atoms with Crippen molar-refractivity contribution in [2.24, 2.45) is 0 Å². The number of esters is 1. The molecule has 1 aliphatic carbocycles. The van der Waals surface area contributed by atoms with Gasteiger partial charge in [-0.15, -0.1) is 0 Å². The lowest BCUT2D eigenvalue weighted by molar-refractivity contribution is -0.145. The summed E-state index contributed by atoms with van der Waals surface area (Å²) in [5, 5.41) is 10.0. The van der Waals surface area contributed by atoms with Gasteiger partial charge in [0.25, 0.3) is 0 Å². The van der Waals surface area contributed by atoms with Crippen LogP contribution in [0, 0.1) is 6.92 Å². The second-order valence-corrected chi connectivity index (χ2v) is 9.41. The number of carbonyl (C=O) groups is 1. The summed E-state index contributed by atoms with van der Waals surface area (Å²) in [6, 6.07) is 12.0. The fraction of sp³-hybridized carbons (Fsp3) is 0.458. The number of phenolic OH excluding ortho intramolecular Hbond substituents is 1. The van der Waals surface area contributed by atoms with Gasteiger partial charge in [0.05, 0.1) is 6.61 Å². The van der Waals surface area contributed by atoms with Gasteiger partial charge in [0, 0.05) is 23.4 Å². The van der Waals surface area contributed by atoms with Crippen LogP contribution in [0.25, 0.3) is 0 Å². The molecule has 0 amide bonds. The van der Waals surface area contributed by atoms with E-state index in [1.54, 1.807) is 18.9 Å². The topological polar surface area (TPSA) is 59.0 Å². The number of hydrogen-bond acceptors (Lipinski definition) is 6. The quantitative estimate of drug-likeness (QED) is 0.518. The van der Waals surface area contributed by atoms with Crippen molar-refractivity contribution in [3.63, 3.8) is 0 Å². The van der Waals surface area contributed by atoms with Gasteiger partial charge < -0.3 is 14.6 Å². The molecule has 6 heteroatoms. The highest BCUT2D eigenvalue weighted by molar-refractivity contribution is 7.97. The van der Waals surface area contributed by atoms with Crippen LogP contribution in [-0.2, 0) is 21.5 Å². The number of fused-ring (bicyclic) bond motifs is 2. The van der Waals surface area contributed by atoms with Crippen LogP contribution in [0.15, 0.2) is 41.3 Å². The Bertz CT molecular complexity index is 923. The highest BCUT2D eigenvalue weighted by Gasteiger charge is 2.42. The van der Waals surface area contributed by atoms with E-state index in [1.165, 1.54) is 36.8 Å². The van der Waals surface area contributed by atoms with E-state index in [2.05, 4.69) is 16.4 Å². The highest BCUT2D eigenvalue weighted by Crippen LogP contribution is 2.48. The summed E-state index contributed by atoms with van der Waals surface area (Å²) in [4.78, 5) is 12.7. The zero-order valence-electron chi connectivity index (χ0n) is 17.6. The Morgan fingerprint density at radius 1 is 1.20 bits per heavy atom. The number of hydrogen-bond donors (Lipinski definition) is 1. The maximum Gasteiger partial charge on any atom is 0.344 e. The lowest BCUT2D eigenvalue weighted by Crippen LogP contribution is -2.41. The van der Waals surface area contributed by atoms with Gasteiger partial charge in [-0.3, -0.25) is 0 Å². The molecular formula is C24H29NO4S. The molecule has 1 fully saturated rings. The van der Waals surface area contributed by atoms with Gasteiger partial charge in [0.1, 0.15) is 11.5 Å². The van der Waals surface area contributed by atoms with Gasteiger partial charge in [0.15, 0.2) is 6.61 Å². The molecule has 0 bridgehead atoms. The standard InChI is InChI=1S/C24H29NO4S/c1-3-28-23(27)15-29-22-9-7-20(12-17(22)2)30-25-14-18-13-19(26)6-8-21(18)24(16-25)10-4-5-11-24/h6-9,12-13,26H,3-5,10-11,14-16H2,1-2H3. The average Bonchev–Trinajstić information content (AvgIpc) is 3.16. The maximum absolute atomic E-state index is 11.5. The Hall–Kier alpha value is -2.18. The van der Waals surface area contributed by atoms with Gasteiger partial charge in [0.2, 0.25) is 0 Å². The minimum absolute atomic E-state index is 0.0733. The summed E-state index contributed by atoms with van der Waals surface area (Å²) < 4.78 is 12.9. The molecule has 2 aromatic rings. The third kappa shape index (κ3) is 4.44. The Morgan fingerprint density at radius 2 is 2.00 bits per heavy atom. The van der Waals surface area contributed by atoms with Crippen molar-refractivity contribution in [1.29, 1.82) is 0 Å². The third-order valence-corrected chi connectivity index (χ3v) is 7.06. The van der Waals surface area contributed by atoms with E-state index in [1.807, 2.05) is 31.2 Å². The van der Waals surface area contributed by atoms with Gasteiger partial charge in [-0.2, -0.15) is 0 Å². The number of benzene rings is 2. The Labute approximate surface area is 182 Å². The van der Waals surface area contributed by atoms with Gasteiger partial charge in [-0.25, -0.2) is 9.10 Å². The van der Waals surface area contributed by atoms with E-state index in [0.717, 1.165) is 23.5 Å². The second-order valence-electron chi connectivity index (χ2n) is 8.24. The Balaban J connectivity index is 1.48. The summed E-state index contributed by atoms with van der Waals surface area (Å²) in [6.07, 6.45) is 4.96. The van der Waals surface area contributed by atoms with Crippen LogP contribution in [-0.4, -0.2) is 35.1 Å². The fourth-order valence-electron chi connectivity index (χ4n) is 4.77. The van der Waals surface area contributed by atoms with E-state index in [0.29, 0.717) is 18.1 Å². The monoisotopic (exact) mass is 427 g/mol. The third-order valence-electron chi connectivity index (χ3n) is 6.08. The molecule has 0 radical (unpaired) electrons. The Kier molecular flexibility index (Phi) is 6.25. The number of phenols is 1. The van der Waals surface area contributed by atoms with Crippen molar-refractivity contribution < 1.29 is 19.4 Å². The van der Waals surface area contributed by atoms with E-state index in [-0.39, 0.29) is 18.0 Å². The minimum atomic E-state index is -0.354. The van der Waals surface area contributed by atoms with Crippen molar-refractivity contribution in [3.05, 3.63) is 53.1 Å². The van der Waals surface area contributed by atoms with E-state index in [4.69, 9.17) is 9.47 Å². The maximum atomic E-state index is 11.5. The van der Waals surface area contributed by atoms with Crippen LogP contribution in [0.3, 0.4) is 0 Å². The lowest BCUT2D eigenvalue weighted by atomic mass is 9.74. The number of aryl methyl sites for hydroxylation is 1. The van der Waals surface area contributed by atoms with Crippen molar-refractivity contribution in [3.8, 4) is 11.5 Å². The van der Waals surface area contributed by atoms with Crippen LogP contribution < -0.4 is 4.74 Å². The highest BCUT2D eigenvalue weighted by atomic mass is 32.2. The number of rotatable bonds is 6. The van der Waals surface area contributed by atoms with Crippen molar-refractivity contribution in [2.45, 2.75) is 56.4 Å².